The van der Waals surface area contributed by atoms with Gasteiger partial charge in [0, 0.05) is 34.4 Å². The Balaban J connectivity index is 1.43. The van der Waals surface area contributed by atoms with Crippen molar-refractivity contribution >= 4 is 40.3 Å². The zero-order chi connectivity index (χ0) is 22.8. The van der Waals surface area contributed by atoms with Gasteiger partial charge in [0.05, 0.1) is 4.91 Å². The molecule has 0 unspecified atom stereocenters. The zero-order valence-electron chi connectivity index (χ0n) is 18.8. The topological polar surface area (TPSA) is 46.1 Å². The highest BCUT2D eigenvalue weighted by Gasteiger charge is 2.28. The highest BCUT2D eigenvalue weighted by molar-refractivity contribution is 8.05. The van der Waals surface area contributed by atoms with E-state index in [-0.39, 0.29) is 11.4 Å². The van der Waals surface area contributed by atoms with Gasteiger partial charge in [0.2, 0.25) is 0 Å². The molecule has 0 spiro atoms. The summed E-state index contributed by atoms with van der Waals surface area (Å²) in [5.74, 6) is -0.0398. The number of fused-ring (bicyclic) bond motifs is 1. The molecule has 0 radical (unpaired) electrons. The number of benzene rings is 3. The van der Waals surface area contributed by atoms with Gasteiger partial charge in [0.1, 0.15) is 0 Å². The van der Waals surface area contributed by atoms with Crippen LogP contribution in [0.25, 0.3) is 17.0 Å². The Hall–Kier alpha value is -3.44. The van der Waals surface area contributed by atoms with Gasteiger partial charge in [-0.15, -0.1) is 0 Å². The minimum atomic E-state index is -0.186. The lowest BCUT2D eigenvalue weighted by molar-refractivity contribution is -0.116. The summed E-state index contributed by atoms with van der Waals surface area (Å²) in [6, 6.07) is 27.3. The maximum absolute atomic E-state index is 12.8. The first-order chi connectivity index (χ1) is 16.1. The molecule has 3 aromatic carbocycles. The van der Waals surface area contributed by atoms with E-state index < -0.39 is 0 Å². The molecule has 1 aliphatic rings. The van der Waals surface area contributed by atoms with E-state index >= 15 is 0 Å². The third-order valence-electron chi connectivity index (χ3n) is 6.13. The fourth-order valence-corrected chi connectivity index (χ4v) is 5.26. The minimum Gasteiger partial charge on any atom is -0.357 e. The number of carbonyl (C=O) groups excluding carboxylic acids is 1. The van der Waals surface area contributed by atoms with Crippen molar-refractivity contribution in [2.24, 2.45) is 0 Å². The number of thioether (sulfide) groups is 1. The highest BCUT2D eigenvalue weighted by Crippen LogP contribution is 2.34. The molecule has 1 amide bonds. The van der Waals surface area contributed by atoms with Crippen molar-refractivity contribution in [3.8, 4) is 0 Å². The monoisotopic (exact) mass is 453 g/mol. The van der Waals surface area contributed by atoms with Gasteiger partial charge in [-0.2, -0.15) is 0 Å². The largest absolute Gasteiger partial charge is 0.357 e. The standard InChI is InChI=1S/C28H27N3OS/c1-3-20-13-15-22(16-14-20)29-28-30-27(32)26(33-28)17-24-19(2)31(18-21-9-5-4-6-10-21)25-12-8-7-11-23(24)25/h4-17,28-29H,3,18H2,1-2H3,(H,30,32)/b26-17-/t28-/m0/s1. The van der Waals surface area contributed by atoms with Crippen molar-refractivity contribution < 1.29 is 4.79 Å². The number of nitrogens with one attached hydrogen (secondary N) is 2. The third kappa shape index (κ3) is 4.41. The number of amides is 1. The molecule has 1 saturated heterocycles. The van der Waals surface area contributed by atoms with Crippen LogP contribution >= 0.6 is 11.8 Å². The van der Waals surface area contributed by atoms with Crippen LogP contribution < -0.4 is 10.6 Å². The van der Waals surface area contributed by atoms with Crippen LogP contribution in [0.15, 0.2) is 83.8 Å². The Bertz CT molecular complexity index is 1320. The Kier molecular flexibility index (Phi) is 5.97. The lowest BCUT2D eigenvalue weighted by Crippen LogP contribution is -2.30. The van der Waals surface area contributed by atoms with Crippen LogP contribution in [-0.4, -0.2) is 16.0 Å². The average molecular weight is 454 g/mol. The van der Waals surface area contributed by atoms with Crippen LogP contribution in [0.4, 0.5) is 5.69 Å². The molecule has 33 heavy (non-hydrogen) atoms. The molecule has 1 atom stereocenters. The van der Waals surface area contributed by atoms with Gasteiger partial charge in [-0.05, 0) is 48.7 Å². The SMILES string of the molecule is CCc1ccc(N[C@H]2NC(=O)/C(=C/c3c(C)n(Cc4ccccc4)c4ccccc34)S2)cc1. The molecular weight excluding hydrogens is 426 g/mol. The van der Waals surface area contributed by atoms with E-state index in [1.165, 1.54) is 33.8 Å². The van der Waals surface area contributed by atoms with Crippen molar-refractivity contribution in [1.29, 1.82) is 0 Å². The van der Waals surface area contributed by atoms with Gasteiger partial charge in [0.15, 0.2) is 5.50 Å². The second kappa shape index (κ2) is 9.20. The van der Waals surface area contributed by atoms with Crippen molar-refractivity contribution in [2.45, 2.75) is 32.3 Å². The number of hydrogen-bond donors (Lipinski definition) is 2. The Labute approximate surface area is 198 Å². The first-order valence-corrected chi connectivity index (χ1v) is 12.2. The highest BCUT2D eigenvalue weighted by atomic mass is 32.2. The lowest BCUT2D eigenvalue weighted by atomic mass is 10.1. The maximum atomic E-state index is 12.8. The molecule has 4 nitrogen and oxygen atoms in total. The summed E-state index contributed by atoms with van der Waals surface area (Å²) in [6.45, 7) is 5.08. The summed E-state index contributed by atoms with van der Waals surface area (Å²) >= 11 is 1.53. The molecule has 1 aliphatic heterocycles. The molecule has 5 heteroatoms. The number of nitrogens with zero attached hydrogens (tertiary/aromatic N) is 1. The summed E-state index contributed by atoms with van der Waals surface area (Å²) in [5.41, 5.74) is 6.81. The van der Waals surface area contributed by atoms with E-state index in [1.807, 2.05) is 12.1 Å². The van der Waals surface area contributed by atoms with Crippen molar-refractivity contribution in [3.05, 3.63) is 106 Å². The molecular formula is C28H27N3OS. The van der Waals surface area contributed by atoms with Crippen molar-refractivity contribution in [1.82, 2.24) is 9.88 Å². The number of carbonyl (C=O) groups is 1. The molecule has 0 aliphatic carbocycles. The van der Waals surface area contributed by atoms with E-state index in [4.69, 9.17) is 0 Å². The quantitative estimate of drug-likeness (QED) is 0.344. The predicted molar refractivity (Wildman–Crippen MR) is 139 cm³/mol. The second-order valence-corrected chi connectivity index (χ2v) is 9.41. The number of rotatable bonds is 6. The fraction of sp³-hybridized carbons (Fsp3) is 0.179. The van der Waals surface area contributed by atoms with Crippen LogP contribution in [0.5, 0.6) is 0 Å². The van der Waals surface area contributed by atoms with Crippen LogP contribution in [0.3, 0.4) is 0 Å². The lowest BCUT2D eigenvalue weighted by Gasteiger charge is -2.12. The molecule has 1 fully saturated rings. The van der Waals surface area contributed by atoms with Gasteiger partial charge in [0.25, 0.3) is 5.91 Å². The number of anilines is 1. The molecule has 4 aromatic rings. The molecule has 2 N–H and O–H groups in total. The molecule has 5 rings (SSSR count). The van der Waals surface area contributed by atoms with Gasteiger partial charge in [-0.1, -0.05) is 79.3 Å². The smallest absolute Gasteiger partial charge is 0.260 e. The average Bonchev–Trinajstić information content (AvgIpc) is 3.32. The summed E-state index contributed by atoms with van der Waals surface area (Å²) in [4.78, 5) is 13.5. The van der Waals surface area contributed by atoms with Crippen LogP contribution in [0.2, 0.25) is 0 Å². The van der Waals surface area contributed by atoms with Gasteiger partial charge in [-0.25, -0.2) is 0 Å². The maximum Gasteiger partial charge on any atom is 0.260 e. The zero-order valence-corrected chi connectivity index (χ0v) is 19.7. The molecule has 2 heterocycles. The van der Waals surface area contributed by atoms with Crippen LogP contribution in [0.1, 0.15) is 29.3 Å². The van der Waals surface area contributed by atoms with E-state index in [0.717, 1.165) is 34.8 Å². The number of aryl methyl sites for hydroxylation is 1. The second-order valence-electron chi connectivity index (χ2n) is 8.26. The predicted octanol–water partition coefficient (Wildman–Crippen LogP) is 6.16. The van der Waals surface area contributed by atoms with Gasteiger partial charge >= 0.3 is 0 Å². The summed E-state index contributed by atoms with van der Waals surface area (Å²) in [5, 5.41) is 7.63. The van der Waals surface area contributed by atoms with E-state index in [0.29, 0.717) is 0 Å². The number of aromatic nitrogens is 1. The first kappa shape index (κ1) is 21.4. The van der Waals surface area contributed by atoms with Crippen LogP contribution in [0, 0.1) is 6.92 Å². The summed E-state index contributed by atoms with van der Waals surface area (Å²) < 4.78 is 2.33. The van der Waals surface area contributed by atoms with Gasteiger partial charge < -0.3 is 15.2 Å². The summed E-state index contributed by atoms with van der Waals surface area (Å²) in [6.07, 6.45) is 3.06. The van der Waals surface area contributed by atoms with E-state index in [1.54, 1.807) is 0 Å². The van der Waals surface area contributed by atoms with E-state index in [2.05, 4.69) is 102 Å². The molecule has 166 valence electrons. The fourth-order valence-electron chi connectivity index (χ4n) is 4.29. The Morgan fingerprint density at radius 2 is 1.70 bits per heavy atom. The normalized spacial score (nSPS) is 17.0. The minimum absolute atomic E-state index is 0.0398. The molecule has 0 bridgehead atoms. The third-order valence-corrected chi connectivity index (χ3v) is 7.16. The van der Waals surface area contributed by atoms with Crippen molar-refractivity contribution in [3.63, 3.8) is 0 Å². The molecule has 0 saturated carbocycles. The van der Waals surface area contributed by atoms with Gasteiger partial charge in [-0.3, -0.25) is 4.79 Å². The number of para-hydroxylation sites is 1. The van der Waals surface area contributed by atoms with Crippen LogP contribution in [-0.2, 0) is 17.8 Å². The Morgan fingerprint density at radius 3 is 2.45 bits per heavy atom. The van der Waals surface area contributed by atoms with E-state index in [9.17, 15) is 4.79 Å². The Morgan fingerprint density at radius 1 is 0.970 bits per heavy atom. The first-order valence-electron chi connectivity index (χ1n) is 11.3. The molecule has 1 aromatic heterocycles. The van der Waals surface area contributed by atoms with Crippen molar-refractivity contribution in [2.75, 3.05) is 5.32 Å². The summed E-state index contributed by atoms with van der Waals surface area (Å²) in [7, 11) is 0. The number of hydrogen-bond acceptors (Lipinski definition) is 3.